The molecule has 17 heavy (non-hydrogen) atoms. The molecule has 0 aliphatic heterocycles. The number of nitrogens with zero attached hydrogens (tertiary/aromatic N) is 1. The summed E-state index contributed by atoms with van der Waals surface area (Å²) in [6.07, 6.45) is 1.44. The molecule has 0 bridgehead atoms. The van der Waals surface area contributed by atoms with Gasteiger partial charge in [0.15, 0.2) is 5.69 Å². The standard InChI is InChI=1S/C13H10FNO2/c1-8-5-10(7-15-12(8)13(16)17)9-3-2-4-11(14)6-9/h2-7H,1H3,(H,16,17). The Balaban J connectivity index is 2.48. The molecule has 3 nitrogen and oxygen atoms in total. The molecule has 1 heterocycles. The molecule has 0 atom stereocenters. The third-order valence-corrected chi connectivity index (χ3v) is 2.44. The Morgan fingerprint density at radius 1 is 1.29 bits per heavy atom. The number of hydrogen-bond acceptors (Lipinski definition) is 2. The van der Waals surface area contributed by atoms with Gasteiger partial charge in [-0.15, -0.1) is 0 Å². The highest BCUT2D eigenvalue weighted by Gasteiger charge is 2.09. The molecule has 1 aromatic carbocycles. The van der Waals surface area contributed by atoms with E-state index < -0.39 is 5.97 Å². The lowest BCUT2D eigenvalue weighted by molar-refractivity contribution is 0.0689. The number of benzene rings is 1. The second-order valence-electron chi connectivity index (χ2n) is 3.70. The number of halogens is 1. The van der Waals surface area contributed by atoms with Gasteiger partial charge < -0.3 is 5.11 Å². The van der Waals surface area contributed by atoms with Gasteiger partial charge in [-0.3, -0.25) is 0 Å². The molecule has 2 aromatic rings. The Labute approximate surface area is 97.6 Å². The zero-order valence-electron chi connectivity index (χ0n) is 9.14. The molecule has 2 rings (SSSR count). The molecule has 0 radical (unpaired) electrons. The van der Waals surface area contributed by atoms with Crippen LogP contribution in [0.1, 0.15) is 16.1 Å². The molecule has 0 spiro atoms. The highest BCUT2D eigenvalue weighted by molar-refractivity contribution is 5.87. The third-order valence-electron chi connectivity index (χ3n) is 2.44. The van der Waals surface area contributed by atoms with Crippen molar-refractivity contribution in [1.29, 1.82) is 0 Å². The van der Waals surface area contributed by atoms with Crippen LogP contribution in [0, 0.1) is 12.7 Å². The smallest absolute Gasteiger partial charge is 0.354 e. The first-order chi connectivity index (χ1) is 8.08. The molecule has 1 N–H and O–H groups in total. The van der Waals surface area contributed by atoms with Crippen LogP contribution in [0.25, 0.3) is 11.1 Å². The summed E-state index contributed by atoms with van der Waals surface area (Å²) in [7, 11) is 0. The van der Waals surface area contributed by atoms with Crippen molar-refractivity contribution in [2.24, 2.45) is 0 Å². The topological polar surface area (TPSA) is 50.2 Å². The van der Waals surface area contributed by atoms with Crippen LogP contribution in [0.4, 0.5) is 4.39 Å². The van der Waals surface area contributed by atoms with Gasteiger partial charge in [-0.05, 0) is 36.2 Å². The SMILES string of the molecule is Cc1cc(-c2cccc(F)c2)cnc1C(=O)O. The van der Waals surface area contributed by atoms with Crippen molar-refractivity contribution in [3.8, 4) is 11.1 Å². The Bertz CT molecular complexity index is 581. The molecule has 4 heteroatoms. The maximum Gasteiger partial charge on any atom is 0.354 e. The van der Waals surface area contributed by atoms with E-state index in [-0.39, 0.29) is 11.5 Å². The van der Waals surface area contributed by atoms with E-state index in [4.69, 9.17) is 5.11 Å². The molecule has 0 aliphatic rings. The van der Waals surface area contributed by atoms with Gasteiger partial charge in [-0.2, -0.15) is 0 Å². The van der Waals surface area contributed by atoms with Crippen LogP contribution in [-0.4, -0.2) is 16.1 Å². The van der Waals surface area contributed by atoms with Crippen molar-refractivity contribution >= 4 is 5.97 Å². The fourth-order valence-electron chi connectivity index (χ4n) is 1.62. The van der Waals surface area contributed by atoms with Crippen molar-refractivity contribution in [2.45, 2.75) is 6.92 Å². The van der Waals surface area contributed by atoms with Crippen LogP contribution in [0.5, 0.6) is 0 Å². The fourth-order valence-corrected chi connectivity index (χ4v) is 1.62. The van der Waals surface area contributed by atoms with Crippen LogP contribution in [0.2, 0.25) is 0 Å². The first-order valence-corrected chi connectivity index (χ1v) is 5.04. The van der Waals surface area contributed by atoms with Gasteiger partial charge >= 0.3 is 5.97 Å². The molecule has 86 valence electrons. The van der Waals surface area contributed by atoms with Gasteiger partial charge in [-0.1, -0.05) is 12.1 Å². The number of hydrogen-bond donors (Lipinski definition) is 1. The lowest BCUT2D eigenvalue weighted by Gasteiger charge is -2.05. The van der Waals surface area contributed by atoms with E-state index in [1.54, 1.807) is 25.1 Å². The van der Waals surface area contributed by atoms with Gasteiger partial charge in [0.25, 0.3) is 0 Å². The highest BCUT2D eigenvalue weighted by Crippen LogP contribution is 2.21. The Kier molecular flexibility index (Phi) is 2.87. The quantitative estimate of drug-likeness (QED) is 0.864. The van der Waals surface area contributed by atoms with Crippen LogP contribution >= 0.6 is 0 Å². The fraction of sp³-hybridized carbons (Fsp3) is 0.0769. The van der Waals surface area contributed by atoms with Crippen molar-refractivity contribution in [1.82, 2.24) is 4.98 Å². The molecule has 0 aliphatic carbocycles. The summed E-state index contributed by atoms with van der Waals surface area (Å²) < 4.78 is 13.0. The van der Waals surface area contributed by atoms with Crippen LogP contribution in [0.3, 0.4) is 0 Å². The van der Waals surface area contributed by atoms with Crippen molar-refractivity contribution < 1.29 is 14.3 Å². The average Bonchev–Trinajstić information content (AvgIpc) is 2.28. The number of carboxylic acids is 1. The summed E-state index contributed by atoms with van der Waals surface area (Å²) >= 11 is 0. The second-order valence-corrected chi connectivity index (χ2v) is 3.70. The molecule has 0 saturated heterocycles. The summed E-state index contributed by atoms with van der Waals surface area (Å²) in [5, 5.41) is 8.85. The normalized spacial score (nSPS) is 10.2. The Hall–Kier alpha value is -2.23. The number of aromatic nitrogens is 1. The van der Waals surface area contributed by atoms with E-state index in [1.165, 1.54) is 18.3 Å². The molecule has 0 saturated carbocycles. The van der Waals surface area contributed by atoms with Crippen LogP contribution < -0.4 is 0 Å². The van der Waals surface area contributed by atoms with E-state index >= 15 is 0 Å². The van der Waals surface area contributed by atoms with Gasteiger partial charge in [0.1, 0.15) is 5.82 Å². The predicted molar refractivity (Wildman–Crippen MR) is 61.3 cm³/mol. The average molecular weight is 231 g/mol. The molecular formula is C13H10FNO2. The minimum absolute atomic E-state index is 0.0187. The van der Waals surface area contributed by atoms with Crippen LogP contribution in [-0.2, 0) is 0 Å². The molecule has 0 fully saturated rings. The summed E-state index contributed by atoms with van der Waals surface area (Å²) in [5.41, 5.74) is 1.95. The minimum Gasteiger partial charge on any atom is -0.477 e. The monoisotopic (exact) mass is 231 g/mol. The first-order valence-electron chi connectivity index (χ1n) is 5.04. The van der Waals surface area contributed by atoms with Crippen molar-refractivity contribution in [2.75, 3.05) is 0 Å². The van der Waals surface area contributed by atoms with E-state index in [2.05, 4.69) is 4.98 Å². The Morgan fingerprint density at radius 3 is 2.65 bits per heavy atom. The van der Waals surface area contributed by atoms with E-state index in [9.17, 15) is 9.18 Å². The maximum absolute atomic E-state index is 13.0. The van der Waals surface area contributed by atoms with Gasteiger partial charge in [0, 0.05) is 11.8 Å². The predicted octanol–water partition coefficient (Wildman–Crippen LogP) is 2.89. The highest BCUT2D eigenvalue weighted by atomic mass is 19.1. The largest absolute Gasteiger partial charge is 0.477 e. The van der Waals surface area contributed by atoms with Crippen molar-refractivity contribution in [3.63, 3.8) is 0 Å². The number of pyridine rings is 1. The number of rotatable bonds is 2. The number of carbonyl (C=O) groups is 1. The van der Waals surface area contributed by atoms with Gasteiger partial charge in [0.05, 0.1) is 0 Å². The summed E-state index contributed by atoms with van der Waals surface area (Å²) in [4.78, 5) is 14.7. The van der Waals surface area contributed by atoms with E-state index in [1.807, 2.05) is 0 Å². The zero-order valence-corrected chi connectivity index (χ0v) is 9.14. The maximum atomic E-state index is 13.0. The first kappa shape index (κ1) is 11.3. The summed E-state index contributed by atoms with van der Waals surface area (Å²) in [6.45, 7) is 1.67. The third kappa shape index (κ3) is 2.30. The molecule has 1 aromatic heterocycles. The number of aryl methyl sites for hydroxylation is 1. The Morgan fingerprint density at radius 2 is 2.06 bits per heavy atom. The molecule has 0 unspecified atom stereocenters. The number of carboxylic acid groups (broad SMARTS) is 1. The van der Waals surface area contributed by atoms with Gasteiger partial charge in [-0.25, -0.2) is 14.2 Å². The zero-order chi connectivity index (χ0) is 12.4. The minimum atomic E-state index is -1.06. The van der Waals surface area contributed by atoms with Crippen molar-refractivity contribution in [3.05, 3.63) is 53.6 Å². The van der Waals surface area contributed by atoms with Crippen LogP contribution in [0.15, 0.2) is 36.5 Å². The summed E-state index contributed by atoms with van der Waals surface area (Å²) in [6, 6.07) is 7.78. The molecular weight excluding hydrogens is 221 g/mol. The van der Waals surface area contributed by atoms with E-state index in [0.717, 1.165) is 0 Å². The van der Waals surface area contributed by atoms with Gasteiger partial charge in [0.2, 0.25) is 0 Å². The lowest BCUT2D eigenvalue weighted by Crippen LogP contribution is -2.03. The summed E-state index contributed by atoms with van der Waals surface area (Å²) in [5.74, 6) is -1.39. The second kappa shape index (κ2) is 4.33. The lowest BCUT2D eigenvalue weighted by atomic mass is 10.0. The molecule has 0 amide bonds. The van der Waals surface area contributed by atoms with E-state index in [0.29, 0.717) is 16.7 Å². The number of aromatic carboxylic acids is 1.